The van der Waals surface area contributed by atoms with Crippen molar-refractivity contribution in [2.24, 2.45) is 0 Å². The predicted octanol–water partition coefficient (Wildman–Crippen LogP) is 18.2. The number of rotatable bonds is 8. The Hall–Kier alpha value is -10.1. The molecule has 12 aromatic carbocycles. The number of hydrogen-bond donors (Lipinski definition) is 0. The van der Waals surface area contributed by atoms with Gasteiger partial charge < -0.3 is 0 Å². The first-order valence-corrected chi connectivity index (χ1v) is 25.0. The van der Waals surface area contributed by atoms with Crippen molar-refractivity contribution in [1.29, 1.82) is 5.26 Å². The largest absolute Gasteiger partial charge is 0.208 e. The lowest BCUT2D eigenvalue weighted by molar-refractivity contribution is 1.07. The molecule has 0 radical (unpaired) electrons. The van der Waals surface area contributed by atoms with Crippen molar-refractivity contribution >= 4 is 32.3 Å². The van der Waals surface area contributed by atoms with Crippen LogP contribution in [0, 0.1) is 11.3 Å². The minimum atomic E-state index is 0.602. The van der Waals surface area contributed by atoms with Gasteiger partial charge in [0, 0.05) is 16.7 Å². The number of fused-ring (bicyclic) bond motifs is 6. The Bertz CT molecular complexity index is 4390. The summed E-state index contributed by atoms with van der Waals surface area (Å²) in [5.41, 5.74) is 19.2. The van der Waals surface area contributed by atoms with Gasteiger partial charge in [-0.25, -0.2) is 15.0 Å². The third-order valence-corrected chi connectivity index (χ3v) is 14.7. The molecular formula is C70H42N4. The maximum atomic E-state index is 10.6. The molecule has 1 heterocycles. The van der Waals surface area contributed by atoms with E-state index >= 15 is 0 Å². The zero-order valence-corrected chi connectivity index (χ0v) is 40.0. The van der Waals surface area contributed by atoms with Crippen molar-refractivity contribution in [2.45, 2.75) is 0 Å². The van der Waals surface area contributed by atoms with Crippen LogP contribution in [-0.2, 0) is 0 Å². The first-order valence-electron chi connectivity index (χ1n) is 25.0. The first-order chi connectivity index (χ1) is 36.6. The Balaban J connectivity index is 0.756. The van der Waals surface area contributed by atoms with E-state index in [-0.39, 0.29) is 0 Å². The molecule has 4 heteroatoms. The normalized spacial score (nSPS) is 11.5. The van der Waals surface area contributed by atoms with Crippen LogP contribution in [-0.4, -0.2) is 15.0 Å². The highest BCUT2D eigenvalue weighted by molar-refractivity contribution is 6.19. The van der Waals surface area contributed by atoms with Crippen molar-refractivity contribution in [2.75, 3.05) is 0 Å². The van der Waals surface area contributed by atoms with Gasteiger partial charge in [0.1, 0.15) is 0 Å². The molecule has 0 atom stereocenters. The summed E-state index contributed by atoms with van der Waals surface area (Å²) in [5, 5.41) is 18.0. The summed E-state index contributed by atoms with van der Waals surface area (Å²) < 4.78 is 0. The maximum absolute atomic E-state index is 10.6. The lowest BCUT2D eigenvalue weighted by Gasteiger charge is -2.13. The van der Waals surface area contributed by atoms with E-state index in [2.05, 4.69) is 224 Å². The molecule has 1 aromatic heterocycles. The summed E-state index contributed by atoms with van der Waals surface area (Å²) in [6, 6.07) is 92.2. The SMILES string of the molecule is N#Cc1cc(-c2cccc(-c3ccc(-c4nc(-c5ccccc5)nc(-c5ccc(-c6ccc7c8c(cccc68)-c6ccccc6-7)cc5)n4)cc3)c2)ccc1-c1cccc(-c2cc3ccccc3c3ccccc23)c1. The summed E-state index contributed by atoms with van der Waals surface area (Å²) in [5.74, 6) is 1.83. The maximum Gasteiger partial charge on any atom is 0.164 e. The van der Waals surface area contributed by atoms with E-state index in [1.54, 1.807) is 0 Å². The Kier molecular flexibility index (Phi) is 10.2. The smallest absolute Gasteiger partial charge is 0.164 e. The van der Waals surface area contributed by atoms with Crippen LogP contribution in [0.1, 0.15) is 5.56 Å². The van der Waals surface area contributed by atoms with Crippen molar-refractivity contribution in [1.82, 2.24) is 15.0 Å². The van der Waals surface area contributed by atoms with Crippen LogP contribution >= 0.6 is 0 Å². The number of aromatic nitrogens is 3. The van der Waals surface area contributed by atoms with Gasteiger partial charge in [-0.05, 0) is 134 Å². The van der Waals surface area contributed by atoms with Gasteiger partial charge in [0.15, 0.2) is 17.5 Å². The lowest BCUT2D eigenvalue weighted by Crippen LogP contribution is -2.00. The van der Waals surface area contributed by atoms with E-state index in [0.717, 1.165) is 61.2 Å². The van der Waals surface area contributed by atoms with Crippen LogP contribution in [0.5, 0.6) is 0 Å². The third kappa shape index (κ3) is 7.34. The highest BCUT2D eigenvalue weighted by Crippen LogP contribution is 2.49. The average molecular weight is 939 g/mol. The fourth-order valence-electron chi connectivity index (χ4n) is 11.1. The van der Waals surface area contributed by atoms with E-state index in [9.17, 15) is 5.26 Å². The van der Waals surface area contributed by atoms with Gasteiger partial charge in [-0.3, -0.25) is 0 Å². The summed E-state index contributed by atoms with van der Waals surface area (Å²) in [6.07, 6.45) is 0. The molecule has 342 valence electrons. The van der Waals surface area contributed by atoms with Crippen molar-refractivity contribution in [3.8, 4) is 118 Å². The molecule has 0 unspecified atom stereocenters. The molecule has 0 spiro atoms. The Labute approximate surface area is 428 Å². The molecule has 14 rings (SSSR count). The van der Waals surface area contributed by atoms with Gasteiger partial charge in [-0.15, -0.1) is 0 Å². The Morgan fingerprint density at radius 2 is 0.676 bits per heavy atom. The summed E-state index contributed by atoms with van der Waals surface area (Å²) in [6.45, 7) is 0. The fourth-order valence-corrected chi connectivity index (χ4v) is 11.1. The Morgan fingerprint density at radius 3 is 1.38 bits per heavy atom. The van der Waals surface area contributed by atoms with Gasteiger partial charge in [0.2, 0.25) is 0 Å². The molecule has 0 amide bonds. The number of nitrogens with zero attached hydrogens (tertiary/aromatic N) is 4. The van der Waals surface area contributed by atoms with Crippen LogP contribution in [0.2, 0.25) is 0 Å². The standard InChI is InChI=1S/C70H42N4/c71-43-55-40-51(35-36-56(55)52-18-11-19-53(41-52)66-42-54-15-4-5-20-57(54)59-21-6-9-24-62(59)66)50-17-10-16-49(39-50)44-27-31-47(32-28-44)69-72-68(46-13-2-1-3-14-46)73-70(74-69)48-33-29-45(30-34-48)58-37-38-65-61-23-8-7-22-60(61)64-26-12-25-63(58)67(64)65/h1-42H. The van der Waals surface area contributed by atoms with E-state index in [1.807, 2.05) is 36.4 Å². The minimum absolute atomic E-state index is 0.602. The van der Waals surface area contributed by atoms with E-state index in [1.165, 1.54) is 65.7 Å². The molecule has 74 heavy (non-hydrogen) atoms. The zero-order valence-electron chi connectivity index (χ0n) is 40.0. The summed E-state index contributed by atoms with van der Waals surface area (Å²) in [7, 11) is 0. The van der Waals surface area contributed by atoms with Crippen molar-refractivity contribution < 1.29 is 0 Å². The van der Waals surface area contributed by atoms with Crippen LogP contribution < -0.4 is 0 Å². The monoisotopic (exact) mass is 938 g/mol. The molecule has 0 fully saturated rings. The highest BCUT2D eigenvalue weighted by Gasteiger charge is 2.23. The molecule has 0 saturated carbocycles. The molecule has 0 aliphatic heterocycles. The second-order valence-electron chi connectivity index (χ2n) is 19.0. The second-order valence-corrected chi connectivity index (χ2v) is 19.0. The number of benzene rings is 12. The summed E-state index contributed by atoms with van der Waals surface area (Å²) >= 11 is 0. The quantitative estimate of drug-likeness (QED) is 0.142. The van der Waals surface area contributed by atoms with Gasteiger partial charge >= 0.3 is 0 Å². The molecular weight excluding hydrogens is 897 g/mol. The minimum Gasteiger partial charge on any atom is -0.208 e. The number of nitriles is 1. The van der Waals surface area contributed by atoms with Crippen molar-refractivity contribution in [3.63, 3.8) is 0 Å². The average Bonchev–Trinajstić information content (AvgIpc) is 3.84. The van der Waals surface area contributed by atoms with Crippen LogP contribution in [0.15, 0.2) is 255 Å². The van der Waals surface area contributed by atoms with E-state index < -0.39 is 0 Å². The molecule has 4 nitrogen and oxygen atoms in total. The molecule has 1 aliphatic carbocycles. The lowest BCUT2D eigenvalue weighted by atomic mass is 9.90. The van der Waals surface area contributed by atoms with Crippen LogP contribution in [0.3, 0.4) is 0 Å². The zero-order chi connectivity index (χ0) is 49.1. The molecule has 1 aliphatic rings. The Morgan fingerprint density at radius 1 is 0.243 bits per heavy atom. The van der Waals surface area contributed by atoms with Gasteiger partial charge in [0.25, 0.3) is 0 Å². The first kappa shape index (κ1) is 42.8. The van der Waals surface area contributed by atoms with Crippen LogP contribution in [0.4, 0.5) is 0 Å². The number of hydrogen-bond acceptors (Lipinski definition) is 4. The predicted molar refractivity (Wildman–Crippen MR) is 305 cm³/mol. The molecule has 13 aromatic rings. The van der Waals surface area contributed by atoms with E-state index in [4.69, 9.17) is 15.0 Å². The molecule has 0 bridgehead atoms. The van der Waals surface area contributed by atoms with E-state index in [0.29, 0.717) is 23.0 Å². The molecule has 0 N–H and O–H groups in total. The van der Waals surface area contributed by atoms with Gasteiger partial charge in [-0.1, -0.05) is 231 Å². The molecule has 0 saturated heterocycles. The highest BCUT2D eigenvalue weighted by atomic mass is 15.0. The summed E-state index contributed by atoms with van der Waals surface area (Å²) in [4.78, 5) is 15.2. The second kappa shape index (κ2) is 17.6. The van der Waals surface area contributed by atoms with Gasteiger partial charge in [0.05, 0.1) is 11.6 Å². The third-order valence-electron chi connectivity index (χ3n) is 14.7. The topological polar surface area (TPSA) is 62.5 Å². The fraction of sp³-hybridized carbons (Fsp3) is 0. The van der Waals surface area contributed by atoms with Crippen LogP contribution in [0.25, 0.3) is 144 Å². The van der Waals surface area contributed by atoms with Crippen molar-refractivity contribution in [3.05, 3.63) is 260 Å². The van der Waals surface area contributed by atoms with Gasteiger partial charge in [-0.2, -0.15) is 5.26 Å².